The number of pyridine rings is 1. The lowest BCUT2D eigenvalue weighted by Gasteiger charge is -2.10. The highest BCUT2D eigenvalue weighted by Gasteiger charge is 2.14. The maximum absolute atomic E-state index is 13.3. The second-order valence-electron chi connectivity index (χ2n) is 8.93. The van der Waals surface area contributed by atoms with Gasteiger partial charge in [0.2, 0.25) is 0 Å². The molecular formula is C33H23N3O2. The van der Waals surface area contributed by atoms with E-state index in [9.17, 15) is 9.90 Å². The van der Waals surface area contributed by atoms with Crippen molar-refractivity contribution >= 4 is 33.8 Å². The van der Waals surface area contributed by atoms with E-state index < -0.39 is 0 Å². The summed E-state index contributed by atoms with van der Waals surface area (Å²) in [6.07, 6.45) is 1.47. The van der Waals surface area contributed by atoms with Crippen molar-refractivity contribution in [2.24, 2.45) is 5.10 Å². The lowest BCUT2D eigenvalue weighted by Crippen LogP contribution is -2.18. The van der Waals surface area contributed by atoms with Gasteiger partial charge < -0.3 is 5.11 Å². The van der Waals surface area contributed by atoms with Crippen molar-refractivity contribution < 1.29 is 9.90 Å². The highest BCUT2D eigenvalue weighted by molar-refractivity contribution is 6.08. The monoisotopic (exact) mass is 493 g/mol. The topological polar surface area (TPSA) is 74.6 Å². The van der Waals surface area contributed by atoms with Crippen LogP contribution in [0, 0.1) is 0 Å². The van der Waals surface area contributed by atoms with E-state index in [0.29, 0.717) is 16.8 Å². The van der Waals surface area contributed by atoms with Crippen LogP contribution in [0.3, 0.4) is 0 Å². The third-order valence-corrected chi connectivity index (χ3v) is 6.56. The van der Waals surface area contributed by atoms with Gasteiger partial charge in [-0.1, -0.05) is 103 Å². The van der Waals surface area contributed by atoms with Crippen LogP contribution in [0.2, 0.25) is 0 Å². The molecule has 5 aromatic carbocycles. The molecule has 1 aromatic heterocycles. The summed E-state index contributed by atoms with van der Waals surface area (Å²) >= 11 is 0. The number of hydrogen-bond donors (Lipinski definition) is 2. The van der Waals surface area contributed by atoms with Crippen LogP contribution in [0.15, 0.2) is 126 Å². The summed E-state index contributed by atoms with van der Waals surface area (Å²) < 4.78 is 0. The number of nitrogens with one attached hydrogen (secondary N) is 1. The molecule has 0 spiro atoms. The first-order valence-corrected chi connectivity index (χ1v) is 12.3. The number of benzene rings is 5. The Labute approximate surface area is 219 Å². The third-order valence-electron chi connectivity index (χ3n) is 6.56. The van der Waals surface area contributed by atoms with Crippen molar-refractivity contribution in [1.29, 1.82) is 0 Å². The molecule has 0 saturated carbocycles. The van der Waals surface area contributed by atoms with E-state index in [2.05, 4.69) is 34.8 Å². The summed E-state index contributed by atoms with van der Waals surface area (Å²) in [5.74, 6) is -0.265. The van der Waals surface area contributed by atoms with Crippen LogP contribution in [0.5, 0.6) is 5.75 Å². The fraction of sp³-hybridized carbons (Fsp3) is 0. The lowest BCUT2D eigenvalue weighted by molar-refractivity contribution is 0.0956. The predicted molar refractivity (Wildman–Crippen MR) is 153 cm³/mol. The van der Waals surface area contributed by atoms with Gasteiger partial charge in [-0.15, -0.1) is 0 Å². The Hall–Kier alpha value is -5.29. The van der Waals surface area contributed by atoms with Crippen LogP contribution in [-0.2, 0) is 0 Å². The fourth-order valence-corrected chi connectivity index (χ4v) is 4.61. The number of carbonyl (C=O) groups excluding carboxylic acids is 1. The summed E-state index contributed by atoms with van der Waals surface area (Å²) in [5.41, 5.74) is 8.22. The molecule has 6 aromatic rings. The predicted octanol–water partition coefficient (Wildman–Crippen LogP) is 7.19. The van der Waals surface area contributed by atoms with Gasteiger partial charge in [-0.05, 0) is 40.1 Å². The minimum absolute atomic E-state index is 0.0947. The van der Waals surface area contributed by atoms with Gasteiger partial charge in [-0.2, -0.15) is 5.10 Å². The number of aromatic nitrogens is 1. The zero-order valence-electron chi connectivity index (χ0n) is 20.4. The highest BCUT2D eigenvalue weighted by atomic mass is 16.3. The van der Waals surface area contributed by atoms with E-state index in [1.807, 2.05) is 84.9 Å². The normalized spacial score (nSPS) is 11.3. The Bertz CT molecular complexity index is 1810. The number of hydrogen-bond acceptors (Lipinski definition) is 4. The van der Waals surface area contributed by atoms with E-state index in [4.69, 9.17) is 4.98 Å². The molecule has 1 amide bonds. The molecule has 0 aliphatic heterocycles. The maximum atomic E-state index is 13.3. The number of fused-ring (bicyclic) bond motifs is 2. The van der Waals surface area contributed by atoms with Crippen LogP contribution >= 0.6 is 0 Å². The van der Waals surface area contributed by atoms with Crippen LogP contribution in [0.1, 0.15) is 15.9 Å². The number of carbonyl (C=O) groups is 1. The van der Waals surface area contributed by atoms with Crippen LogP contribution in [-0.4, -0.2) is 22.2 Å². The van der Waals surface area contributed by atoms with Gasteiger partial charge >= 0.3 is 0 Å². The molecule has 182 valence electrons. The molecule has 38 heavy (non-hydrogen) atoms. The molecule has 0 aliphatic carbocycles. The summed E-state index contributed by atoms with van der Waals surface area (Å²) in [4.78, 5) is 18.1. The summed E-state index contributed by atoms with van der Waals surface area (Å²) in [6.45, 7) is 0. The maximum Gasteiger partial charge on any atom is 0.272 e. The number of nitrogens with zero attached hydrogens (tertiary/aromatic N) is 2. The zero-order valence-corrected chi connectivity index (χ0v) is 20.4. The summed E-state index contributed by atoms with van der Waals surface area (Å²) in [5, 5.41) is 17.1. The van der Waals surface area contributed by atoms with E-state index in [0.717, 1.165) is 38.4 Å². The number of hydrazone groups is 1. The Morgan fingerprint density at radius 1 is 0.711 bits per heavy atom. The number of aromatic hydroxyl groups is 1. The number of rotatable bonds is 5. The molecule has 2 N–H and O–H groups in total. The van der Waals surface area contributed by atoms with Gasteiger partial charge in [0.1, 0.15) is 5.75 Å². The molecule has 6 rings (SSSR count). The van der Waals surface area contributed by atoms with Crippen LogP contribution < -0.4 is 5.43 Å². The zero-order chi connectivity index (χ0) is 25.9. The largest absolute Gasteiger partial charge is 0.507 e. The van der Waals surface area contributed by atoms with Crippen molar-refractivity contribution in [3.05, 3.63) is 132 Å². The van der Waals surface area contributed by atoms with Gasteiger partial charge in [-0.25, -0.2) is 10.4 Å². The molecule has 1 heterocycles. The van der Waals surface area contributed by atoms with Gasteiger partial charge in [0.25, 0.3) is 5.91 Å². The first-order chi connectivity index (χ1) is 18.7. The summed E-state index contributed by atoms with van der Waals surface area (Å²) in [6, 6.07) is 38.8. The molecule has 0 unspecified atom stereocenters. The van der Waals surface area contributed by atoms with Crippen LogP contribution in [0.25, 0.3) is 44.1 Å². The van der Waals surface area contributed by atoms with Crippen molar-refractivity contribution in [2.75, 3.05) is 0 Å². The van der Waals surface area contributed by atoms with E-state index >= 15 is 0 Å². The smallest absolute Gasteiger partial charge is 0.272 e. The van der Waals surface area contributed by atoms with E-state index in [-0.39, 0.29) is 11.7 Å². The molecule has 0 radical (unpaired) electrons. The third kappa shape index (κ3) is 4.49. The molecule has 5 nitrogen and oxygen atoms in total. The SMILES string of the molecule is O=C(NN=Cc1c(O)ccc2ccccc12)c1cc(-c2ccc(-c3ccccc3)cc2)nc2ccccc12. The second-order valence-corrected chi connectivity index (χ2v) is 8.93. The van der Waals surface area contributed by atoms with E-state index in [1.54, 1.807) is 12.1 Å². The number of phenolic OH excluding ortho intramolecular Hbond substituents is 1. The minimum atomic E-state index is -0.360. The molecule has 0 bridgehead atoms. The molecular weight excluding hydrogens is 470 g/mol. The molecule has 0 aliphatic rings. The lowest BCUT2D eigenvalue weighted by atomic mass is 10.0. The Morgan fingerprint density at radius 3 is 2.18 bits per heavy atom. The van der Waals surface area contributed by atoms with Gasteiger partial charge in [0, 0.05) is 16.5 Å². The van der Waals surface area contributed by atoms with E-state index in [1.165, 1.54) is 6.21 Å². The quantitative estimate of drug-likeness (QED) is 0.197. The molecule has 0 fully saturated rings. The van der Waals surface area contributed by atoms with Crippen molar-refractivity contribution in [1.82, 2.24) is 10.4 Å². The Morgan fingerprint density at radius 2 is 1.37 bits per heavy atom. The van der Waals surface area contributed by atoms with Crippen molar-refractivity contribution in [3.8, 4) is 28.1 Å². The molecule has 0 atom stereocenters. The fourth-order valence-electron chi connectivity index (χ4n) is 4.61. The number of para-hydroxylation sites is 1. The minimum Gasteiger partial charge on any atom is -0.507 e. The van der Waals surface area contributed by atoms with Crippen molar-refractivity contribution in [2.45, 2.75) is 0 Å². The molecule has 0 saturated heterocycles. The van der Waals surface area contributed by atoms with Gasteiger partial charge in [-0.3, -0.25) is 4.79 Å². The first kappa shape index (κ1) is 23.1. The average molecular weight is 494 g/mol. The molecule has 5 heteroatoms. The number of amides is 1. The summed E-state index contributed by atoms with van der Waals surface area (Å²) in [7, 11) is 0. The Kier molecular flexibility index (Phi) is 6.08. The Balaban J connectivity index is 1.32. The van der Waals surface area contributed by atoms with Crippen molar-refractivity contribution in [3.63, 3.8) is 0 Å². The second kappa shape index (κ2) is 9.99. The van der Waals surface area contributed by atoms with Gasteiger partial charge in [0.15, 0.2) is 0 Å². The van der Waals surface area contributed by atoms with Crippen LogP contribution in [0.4, 0.5) is 0 Å². The number of phenols is 1. The standard InChI is InChI=1S/C33H23N3O2/c37-32-19-18-24-10-4-5-11-26(24)29(32)21-34-36-33(38)28-20-31(35-30-13-7-6-12-27(28)30)25-16-14-23(15-17-25)22-8-2-1-3-9-22/h1-21,37H,(H,36,38). The highest BCUT2D eigenvalue weighted by Crippen LogP contribution is 2.28. The van der Waals surface area contributed by atoms with Gasteiger partial charge in [0.05, 0.1) is 23.0 Å². The first-order valence-electron chi connectivity index (χ1n) is 12.3. The average Bonchev–Trinajstić information content (AvgIpc) is 2.98.